The van der Waals surface area contributed by atoms with Crippen LogP contribution in [0.2, 0.25) is 0 Å². The molecule has 140 valence electrons. The molecule has 1 saturated heterocycles. The normalized spacial score (nSPS) is 28.7. The van der Waals surface area contributed by atoms with E-state index < -0.39 is 43.2 Å². The highest BCUT2D eigenvalue weighted by molar-refractivity contribution is 5.89. The second kappa shape index (κ2) is 7.48. The molecule has 2 heterocycles. The molecule has 10 heteroatoms. The first kappa shape index (κ1) is 18.4. The largest absolute Gasteiger partial charge is 0.465 e. The van der Waals surface area contributed by atoms with Gasteiger partial charge in [0.25, 0.3) is 0 Å². The fourth-order valence-electron chi connectivity index (χ4n) is 2.73. The Hall–Kier alpha value is -2.37. The minimum atomic E-state index is -1.50. The maximum atomic E-state index is 11.5. The van der Waals surface area contributed by atoms with Crippen LogP contribution in [0.15, 0.2) is 30.5 Å². The van der Waals surface area contributed by atoms with Gasteiger partial charge in [0.1, 0.15) is 30.1 Å². The summed E-state index contributed by atoms with van der Waals surface area (Å²) in [5.41, 5.74) is 1.49. The number of ether oxygens (including phenoxy) is 2. The number of aromatic nitrogens is 3. The van der Waals surface area contributed by atoms with Crippen LogP contribution in [0, 0.1) is 0 Å². The van der Waals surface area contributed by atoms with E-state index in [-0.39, 0.29) is 0 Å². The van der Waals surface area contributed by atoms with Crippen LogP contribution in [0.5, 0.6) is 0 Å². The average Bonchev–Trinajstić information content (AvgIpc) is 3.16. The molecule has 0 amide bonds. The summed E-state index contributed by atoms with van der Waals surface area (Å²) < 4.78 is 11.3. The maximum Gasteiger partial charge on any atom is 0.337 e. The van der Waals surface area contributed by atoms with E-state index in [0.717, 1.165) is 0 Å². The highest BCUT2D eigenvalue weighted by atomic mass is 16.6. The summed E-state index contributed by atoms with van der Waals surface area (Å²) in [6, 6.07) is 6.48. The van der Waals surface area contributed by atoms with E-state index in [1.54, 1.807) is 24.3 Å². The highest BCUT2D eigenvalue weighted by Crippen LogP contribution is 2.28. The third-order valence-corrected chi connectivity index (χ3v) is 4.24. The Balaban J connectivity index is 1.82. The minimum Gasteiger partial charge on any atom is -0.465 e. The molecule has 3 rings (SSSR count). The Kier molecular flexibility index (Phi) is 5.30. The Morgan fingerprint density at radius 3 is 2.50 bits per heavy atom. The van der Waals surface area contributed by atoms with Crippen LogP contribution in [0.4, 0.5) is 0 Å². The van der Waals surface area contributed by atoms with Crippen molar-refractivity contribution in [1.82, 2.24) is 15.0 Å². The van der Waals surface area contributed by atoms with Gasteiger partial charge in [-0.1, -0.05) is 17.3 Å². The molecule has 1 aromatic heterocycles. The van der Waals surface area contributed by atoms with E-state index in [2.05, 4.69) is 15.0 Å². The number of aliphatic hydroxyl groups excluding tert-OH is 4. The van der Waals surface area contributed by atoms with Crippen molar-refractivity contribution in [2.75, 3.05) is 13.7 Å². The minimum absolute atomic E-state index is 0.387. The lowest BCUT2D eigenvalue weighted by Gasteiger charge is -2.39. The van der Waals surface area contributed by atoms with Crippen molar-refractivity contribution in [2.24, 2.45) is 0 Å². The van der Waals surface area contributed by atoms with Crippen LogP contribution in [-0.2, 0) is 9.47 Å². The first-order valence-corrected chi connectivity index (χ1v) is 7.87. The van der Waals surface area contributed by atoms with Gasteiger partial charge in [-0.25, -0.2) is 9.48 Å². The smallest absolute Gasteiger partial charge is 0.337 e. The third kappa shape index (κ3) is 3.32. The Bertz CT molecular complexity index is 761. The Morgan fingerprint density at radius 1 is 1.19 bits per heavy atom. The van der Waals surface area contributed by atoms with Gasteiger partial charge < -0.3 is 29.9 Å². The van der Waals surface area contributed by atoms with Crippen LogP contribution >= 0.6 is 0 Å². The van der Waals surface area contributed by atoms with Crippen molar-refractivity contribution < 1.29 is 34.7 Å². The van der Waals surface area contributed by atoms with Gasteiger partial charge in [-0.3, -0.25) is 0 Å². The van der Waals surface area contributed by atoms with Crippen LogP contribution < -0.4 is 0 Å². The number of hydrogen-bond donors (Lipinski definition) is 4. The fourth-order valence-corrected chi connectivity index (χ4v) is 2.73. The topological polar surface area (TPSA) is 147 Å². The Labute approximate surface area is 148 Å². The van der Waals surface area contributed by atoms with Crippen LogP contribution in [0.1, 0.15) is 16.6 Å². The molecule has 1 aliphatic rings. The van der Waals surface area contributed by atoms with Gasteiger partial charge >= 0.3 is 5.97 Å². The maximum absolute atomic E-state index is 11.5. The number of hydrogen-bond acceptors (Lipinski definition) is 9. The predicted octanol–water partition coefficient (Wildman–Crippen LogP) is -1.30. The van der Waals surface area contributed by atoms with Gasteiger partial charge in [0.2, 0.25) is 0 Å². The molecule has 1 aromatic carbocycles. The summed E-state index contributed by atoms with van der Waals surface area (Å²) in [4.78, 5) is 11.5. The average molecular weight is 365 g/mol. The molecule has 4 N–H and O–H groups in total. The number of carbonyl (C=O) groups excluding carboxylic acids is 1. The summed E-state index contributed by atoms with van der Waals surface area (Å²) in [5, 5.41) is 46.9. The van der Waals surface area contributed by atoms with Crippen LogP contribution in [0.3, 0.4) is 0 Å². The molecule has 26 heavy (non-hydrogen) atoms. The summed E-state index contributed by atoms with van der Waals surface area (Å²) >= 11 is 0. The molecule has 1 unspecified atom stereocenters. The van der Waals surface area contributed by atoms with E-state index in [1.165, 1.54) is 18.0 Å². The SMILES string of the molecule is COC(=O)c1ccc(-c2cn(C3O[C@H](CO)[C@@H](O)[C@H](O)[C@H]3O)nn2)cc1. The van der Waals surface area contributed by atoms with Crippen LogP contribution in [0.25, 0.3) is 11.3 Å². The second-order valence-electron chi connectivity index (χ2n) is 5.87. The molecule has 1 fully saturated rings. The molecule has 2 aromatic rings. The fraction of sp³-hybridized carbons (Fsp3) is 0.438. The molecule has 1 aliphatic heterocycles. The zero-order valence-corrected chi connectivity index (χ0v) is 13.8. The third-order valence-electron chi connectivity index (χ3n) is 4.24. The monoisotopic (exact) mass is 365 g/mol. The van der Waals surface area contributed by atoms with E-state index in [1.807, 2.05) is 0 Å². The predicted molar refractivity (Wildman–Crippen MR) is 85.8 cm³/mol. The highest BCUT2D eigenvalue weighted by Gasteiger charge is 2.44. The zero-order chi connectivity index (χ0) is 18.8. The molecule has 0 bridgehead atoms. The molecule has 0 radical (unpaired) electrons. The molecular weight excluding hydrogens is 346 g/mol. The van der Waals surface area contributed by atoms with E-state index in [9.17, 15) is 25.2 Å². The van der Waals surface area contributed by atoms with Crippen molar-refractivity contribution in [3.8, 4) is 11.3 Å². The summed E-state index contributed by atoms with van der Waals surface area (Å²) in [6.07, 6.45) is -5.08. The first-order chi connectivity index (χ1) is 12.5. The van der Waals surface area contributed by atoms with Gasteiger partial charge in [0.15, 0.2) is 6.23 Å². The van der Waals surface area contributed by atoms with Crippen molar-refractivity contribution >= 4 is 5.97 Å². The van der Waals surface area contributed by atoms with Gasteiger partial charge in [-0.2, -0.15) is 0 Å². The standard InChI is InChI=1S/C16H19N3O7/c1-25-16(24)9-4-2-8(3-5-9)10-6-19(18-17-10)15-14(23)13(22)12(21)11(7-20)26-15/h2-6,11-15,20-23H,7H2,1H3/t11-,12-,13+,14-,15?/m1/s1. The molecule has 0 aliphatic carbocycles. The lowest BCUT2D eigenvalue weighted by Crippen LogP contribution is -2.56. The summed E-state index contributed by atoms with van der Waals surface area (Å²) in [6.45, 7) is -0.530. The van der Waals surface area contributed by atoms with E-state index in [4.69, 9.17) is 4.74 Å². The van der Waals surface area contributed by atoms with Gasteiger partial charge in [0, 0.05) is 5.56 Å². The second-order valence-corrected chi connectivity index (χ2v) is 5.87. The summed E-state index contributed by atoms with van der Waals surface area (Å²) in [5.74, 6) is -0.457. The molecule has 5 atom stereocenters. The van der Waals surface area contributed by atoms with E-state index >= 15 is 0 Å². The molecule has 0 spiro atoms. The van der Waals surface area contributed by atoms with E-state index in [0.29, 0.717) is 16.8 Å². The van der Waals surface area contributed by atoms with Crippen molar-refractivity contribution in [1.29, 1.82) is 0 Å². The number of methoxy groups -OCH3 is 1. The van der Waals surface area contributed by atoms with Gasteiger partial charge in [0.05, 0.1) is 25.5 Å². The lowest BCUT2D eigenvalue weighted by atomic mass is 9.98. The number of aliphatic hydroxyl groups is 4. The number of carbonyl (C=O) groups is 1. The van der Waals surface area contributed by atoms with Gasteiger partial charge in [-0.05, 0) is 12.1 Å². The number of rotatable bonds is 4. The zero-order valence-electron chi connectivity index (χ0n) is 13.8. The summed E-state index contributed by atoms with van der Waals surface area (Å²) in [7, 11) is 1.29. The van der Waals surface area contributed by atoms with Crippen molar-refractivity contribution in [3.63, 3.8) is 0 Å². The molecule has 0 saturated carbocycles. The number of nitrogens with zero attached hydrogens (tertiary/aromatic N) is 3. The quantitative estimate of drug-likeness (QED) is 0.486. The van der Waals surface area contributed by atoms with Gasteiger partial charge in [-0.15, -0.1) is 5.10 Å². The molecule has 10 nitrogen and oxygen atoms in total. The van der Waals surface area contributed by atoms with Crippen LogP contribution in [-0.4, -0.2) is 79.5 Å². The van der Waals surface area contributed by atoms with Crippen molar-refractivity contribution in [2.45, 2.75) is 30.6 Å². The first-order valence-electron chi connectivity index (χ1n) is 7.87. The lowest BCUT2D eigenvalue weighted by molar-refractivity contribution is -0.254. The Morgan fingerprint density at radius 2 is 1.88 bits per heavy atom. The molecular formula is C16H19N3O7. The number of esters is 1. The number of benzene rings is 1. The van der Waals surface area contributed by atoms with Crippen molar-refractivity contribution in [3.05, 3.63) is 36.0 Å².